The molecular weight excluding hydrogens is 466 g/mol. The van der Waals surface area contributed by atoms with E-state index in [0.717, 1.165) is 15.8 Å². The number of benzene rings is 2. The lowest BCUT2D eigenvalue weighted by atomic mass is 10.1. The SMILES string of the molecule is CCn1c(=NC(=O)c2ccc(S(=O)(=O)N(CC(C)C)CC(C)C)cc2)sc2c(C)cc(C)cc21. The molecule has 0 spiro atoms. The predicted octanol–water partition coefficient (Wildman–Crippen LogP) is 5.38. The van der Waals surface area contributed by atoms with Gasteiger partial charge in [-0.25, -0.2) is 8.42 Å². The molecule has 1 heterocycles. The van der Waals surface area contributed by atoms with Gasteiger partial charge in [-0.2, -0.15) is 9.30 Å². The number of carbonyl (C=O) groups excluding carboxylic acids is 1. The molecule has 3 rings (SSSR count). The smallest absolute Gasteiger partial charge is 0.279 e. The van der Waals surface area contributed by atoms with Crippen molar-refractivity contribution in [1.29, 1.82) is 0 Å². The first-order chi connectivity index (χ1) is 15.9. The van der Waals surface area contributed by atoms with E-state index < -0.39 is 10.0 Å². The van der Waals surface area contributed by atoms with E-state index in [-0.39, 0.29) is 22.6 Å². The van der Waals surface area contributed by atoms with Gasteiger partial charge in [-0.15, -0.1) is 0 Å². The molecule has 2 aromatic carbocycles. The highest BCUT2D eigenvalue weighted by molar-refractivity contribution is 7.89. The maximum absolute atomic E-state index is 13.2. The van der Waals surface area contributed by atoms with Crippen LogP contribution in [0.3, 0.4) is 0 Å². The number of rotatable bonds is 8. The molecule has 6 nitrogen and oxygen atoms in total. The lowest BCUT2D eigenvalue weighted by molar-refractivity contribution is 0.0997. The first-order valence-electron chi connectivity index (χ1n) is 11.7. The Morgan fingerprint density at radius 2 is 1.62 bits per heavy atom. The van der Waals surface area contributed by atoms with Gasteiger partial charge in [-0.05, 0) is 74.1 Å². The quantitative estimate of drug-likeness (QED) is 0.416. The van der Waals surface area contributed by atoms with Crippen LogP contribution in [0.4, 0.5) is 0 Å². The van der Waals surface area contributed by atoms with Gasteiger partial charge in [-0.3, -0.25) is 4.79 Å². The van der Waals surface area contributed by atoms with Crippen molar-refractivity contribution in [3.63, 3.8) is 0 Å². The molecule has 8 heteroatoms. The molecule has 34 heavy (non-hydrogen) atoms. The van der Waals surface area contributed by atoms with Gasteiger partial charge in [-0.1, -0.05) is 45.1 Å². The number of amides is 1. The number of thiazole rings is 1. The van der Waals surface area contributed by atoms with Crippen LogP contribution in [0.25, 0.3) is 10.2 Å². The maximum Gasteiger partial charge on any atom is 0.279 e. The van der Waals surface area contributed by atoms with E-state index in [2.05, 4.69) is 31.0 Å². The number of sulfonamides is 1. The first-order valence-corrected chi connectivity index (χ1v) is 14.0. The molecule has 0 aliphatic carbocycles. The zero-order valence-corrected chi connectivity index (χ0v) is 22.8. The molecule has 1 amide bonds. The highest BCUT2D eigenvalue weighted by atomic mass is 32.2. The molecule has 0 bridgehead atoms. The third-order valence-electron chi connectivity index (χ3n) is 5.50. The van der Waals surface area contributed by atoms with Crippen LogP contribution in [-0.4, -0.2) is 36.3 Å². The van der Waals surface area contributed by atoms with Gasteiger partial charge < -0.3 is 4.57 Å². The van der Waals surface area contributed by atoms with Crippen molar-refractivity contribution < 1.29 is 13.2 Å². The second-order valence-corrected chi connectivity index (χ2v) is 12.5. The molecule has 0 aliphatic heterocycles. The van der Waals surface area contributed by atoms with Gasteiger partial charge in [0.1, 0.15) is 0 Å². The Balaban J connectivity index is 1.95. The van der Waals surface area contributed by atoms with Gasteiger partial charge in [0.25, 0.3) is 5.91 Å². The van der Waals surface area contributed by atoms with Crippen molar-refractivity contribution in [3.05, 3.63) is 57.9 Å². The number of fused-ring (bicyclic) bond motifs is 1. The standard InChI is InChI=1S/C26H35N3O3S2/c1-8-29-23-14-19(6)13-20(7)24(23)33-26(29)27-25(30)21-9-11-22(12-10-21)34(31,32)28(15-17(2)3)16-18(4)5/h9-14,17-18H,8,15-16H2,1-7H3. The Hall–Kier alpha value is -2.29. The number of aromatic nitrogens is 1. The molecule has 0 fully saturated rings. The summed E-state index contributed by atoms with van der Waals surface area (Å²) in [6, 6.07) is 10.4. The van der Waals surface area contributed by atoms with E-state index in [1.807, 2.05) is 39.2 Å². The summed E-state index contributed by atoms with van der Waals surface area (Å²) in [5.41, 5.74) is 3.78. The van der Waals surface area contributed by atoms with E-state index >= 15 is 0 Å². The molecule has 0 saturated carbocycles. The van der Waals surface area contributed by atoms with Crippen molar-refractivity contribution >= 4 is 37.5 Å². The van der Waals surface area contributed by atoms with Crippen LogP contribution in [-0.2, 0) is 16.6 Å². The topological polar surface area (TPSA) is 71.7 Å². The second-order valence-electron chi connectivity index (χ2n) is 9.61. The number of hydrogen-bond donors (Lipinski definition) is 0. The van der Waals surface area contributed by atoms with Crippen molar-refractivity contribution in [2.45, 2.75) is 59.9 Å². The van der Waals surface area contributed by atoms with Crippen LogP contribution in [0, 0.1) is 25.7 Å². The van der Waals surface area contributed by atoms with Crippen LogP contribution in [0.5, 0.6) is 0 Å². The zero-order chi connectivity index (χ0) is 25.2. The molecule has 0 aliphatic rings. The molecule has 1 aromatic heterocycles. The fourth-order valence-electron chi connectivity index (χ4n) is 4.06. The molecular formula is C26H35N3O3S2. The largest absolute Gasteiger partial charge is 0.317 e. The van der Waals surface area contributed by atoms with E-state index in [1.54, 1.807) is 12.1 Å². The van der Waals surface area contributed by atoms with Crippen LogP contribution < -0.4 is 4.80 Å². The zero-order valence-electron chi connectivity index (χ0n) is 21.1. The summed E-state index contributed by atoms with van der Waals surface area (Å²) in [7, 11) is -3.64. The van der Waals surface area contributed by atoms with E-state index in [1.165, 1.54) is 33.3 Å². The van der Waals surface area contributed by atoms with Gasteiger partial charge in [0.05, 0.1) is 15.1 Å². The third-order valence-corrected chi connectivity index (χ3v) is 8.58. The minimum Gasteiger partial charge on any atom is -0.317 e. The van der Waals surface area contributed by atoms with Crippen molar-refractivity contribution in [2.75, 3.05) is 13.1 Å². The highest BCUT2D eigenvalue weighted by Crippen LogP contribution is 2.24. The molecule has 0 N–H and O–H groups in total. The van der Waals surface area contributed by atoms with E-state index in [4.69, 9.17) is 0 Å². The van der Waals surface area contributed by atoms with Crippen molar-refractivity contribution in [2.24, 2.45) is 16.8 Å². The van der Waals surface area contributed by atoms with Crippen molar-refractivity contribution in [1.82, 2.24) is 8.87 Å². The number of nitrogens with zero attached hydrogens (tertiary/aromatic N) is 3. The molecule has 3 aromatic rings. The van der Waals surface area contributed by atoms with Gasteiger partial charge in [0, 0.05) is 25.2 Å². The van der Waals surface area contributed by atoms with Gasteiger partial charge in [0.2, 0.25) is 10.0 Å². The van der Waals surface area contributed by atoms with E-state index in [9.17, 15) is 13.2 Å². The predicted molar refractivity (Wildman–Crippen MR) is 140 cm³/mol. The Morgan fingerprint density at radius 1 is 1.03 bits per heavy atom. The fourth-order valence-corrected chi connectivity index (χ4v) is 6.97. The first kappa shape index (κ1) is 26.3. The van der Waals surface area contributed by atoms with Crippen LogP contribution in [0.2, 0.25) is 0 Å². The average molecular weight is 502 g/mol. The summed E-state index contributed by atoms with van der Waals surface area (Å²) in [4.78, 5) is 18.2. The van der Waals surface area contributed by atoms with E-state index in [0.29, 0.717) is 30.0 Å². The van der Waals surface area contributed by atoms with Gasteiger partial charge >= 0.3 is 0 Å². The fraction of sp³-hybridized carbons (Fsp3) is 0.462. The third kappa shape index (κ3) is 5.67. The Kier molecular flexibility index (Phi) is 8.16. The highest BCUT2D eigenvalue weighted by Gasteiger charge is 2.26. The lowest BCUT2D eigenvalue weighted by Crippen LogP contribution is -2.37. The Morgan fingerprint density at radius 3 is 2.15 bits per heavy atom. The molecule has 0 saturated heterocycles. The second kappa shape index (κ2) is 10.5. The maximum atomic E-state index is 13.2. The summed E-state index contributed by atoms with van der Waals surface area (Å²) in [6.45, 7) is 15.8. The van der Waals surface area contributed by atoms with Crippen molar-refractivity contribution in [3.8, 4) is 0 Å². The molecule has 0 unspecified atom stereocenters. The van der Waals surface area contributed by atoms with Crippen LogP contribution in [0.15, 0.2) is 46.3 Å². The Bertz CT molecular complexity index is 1340. The van der Waals surface area contributed by atoms with Crippen LogP contribution >= 0.6 is 11.3 Å². The minimum absolute atomic E-state index is 0.196. The normalized spacial score (nSPS) is 13.1. The summed E-state index contributed by atoms with van der Waals surface area (Å²) >= 11 is 1.50. The van der Waals surface area contributed by atoms with Crippen LogP contribution in [0.1, 0.15) is 56.1 Å². The summed E-state index contributed by atoms with van der Waals surface area (Å²) in [5, 5.41) is 0. The molecule has 0 radical (unpaired) electrons. The number of carbonyl (C=O) groups is 1. The lowest BCUT2D eigenvalue weighted by Gasteiger charge is -2.25. The molecule has 184 valence electrons. The summed E-state index contributed by atoms with van der Waals surface area (Å²) in [5.74, 6) is 0.0487. The van der Waals surface area contributed by atoms with Gasteiger partial charge in [0.15, 0.2) is 4.80 Å². The number of hydrogen-bond acceptors (Lipinski definition) is 4. The summed E-state index contributed by atoms with van der Waals surface area (Å²) < 4.78 is 31.2. The minimum atomic E-state index is -3.64. The monoisotopic (exact) mass is 501 g/mol. The summed E-state index contributed by atoms with van der Waals surface area (Å²) in [6.07, 6.45) is 0. The molecule has 0 atom stereocenters. The number of aryl methyl sites for hydroxylation is 3. The Labute approximate surface area is 207 Å². The average Bonchev–Trinajstić information content (AvgIpc) is 3.09.